The van der Waals surface area contributed by atoms with E-state index in [1.165, 1.54) is 33.3 Å². The largest absolute Gasteiger partial charge is 0.358 e. The number of H-pyrrole nitrogens is 1. The van der Waals surface area contributed by atoms with Gasteiger partial charge in [0.15, 0.2) is 0 Å². The summed E-state index contributed by atoms with van der Waals surface area (Å²) < 4.78 is 0. The summed E-state index contributed by atoms with van der Waals surface area (Å²) in [5, 5.41) is 4.91. The molecule has 1 aromatic heterocycles. The van der Waals surface area contributed by atoms with Crippen LogP contribution in [0.2, 0.25) is 0 Å². The van der Waals surface area contributed by atoms with Crippen LogP contribution in [0.25, 0.3) is 10.9 Å². The van der Waals surface area contributed by atoms with Gasteiger partial charge in [0.1, 0.15) is 0 Å². The summed E-state index contributed by atoms with van der Waals surface area (Å²) in [5.74, 6) is 0. The van der Waals surface area contributed by atoms with Crippen LogP contribution in [0.15, 0.2) is 12.1 Å². The van der Waals surface area contributed by atoms with E-state index in [0.717, 1.165) is 6.54 Å². The fourth-order valence-corrected chi connectivity index (χ4v) is 2.71. The maximum absolute atomic E-state index is 3.54. The molecule has 0 bridgehead atoms. The minimum atomic E-state index is 0.397. The molecule has 2 heteroatoms. The average Bonchev–Trinajstić information content (AvgIpc) is 2.63. The van der Waals surface area contributed by atoms with Crippen molar-refractivity contribution in [3.05, 3.63) is 34.5 Å². The van der Waals surface area contributed by atoms with Crippen LogP contribution in [0.5, 0.6) is 0 Å². The molecule has 0 spiro atoms. The van der Waals surface area contributed by atoms with Crippen LogP contribution in [0, 0.1) is 20.8 Å². The minimum absolute atomic E-state index is 0.397. The van der Waals surface area contributed by atoms with Gasteiger partial charge in [-0.25, -0.2) is 0 Å². The van der Waals surface area contributed by atoms with Crippen LogP contribution >= 0.6 is 0 Å². The van der Waals surface area contributed by atoms with Gasteiger partial charge in [-0.15, -0.1) is 0 Å². The normalized spacial score (nSPS) is 13.2. The molecule has 0 radical (unpaired) electrons. The van der Waals surface area contributed by atoms with Crippen LogP contribution in [-0.2, 0) is 0 Å². The van der Waals surface area contributed by atoms with Crippen molar-refractivity contribution in [1.82, 2.24) is 10.3 Å². The first kappa shape index (κ1) is 12.2. The predicted molar refractivity (Wildman–Crippen MR) is 74.6 cm³/mol. The Morgan fingerprint density at radius 3 is 2.47 bits per heavy atom. The van der Waals surface area contributed by atoms with Crippen molar-refractivity contribution in [1.29, 1.82) is 0 Å². The topological polar surface area (TPSA) is 27.8 Å². The molecule has 1 unspecified atom stereocenters. The van der Waals surface area contributed by atoms with Gasteiger partial charge < -0.3 is 10.3 Å². The number of aryl methyl sites for hydroxylation is 3. The van der Waals surface area contributed by atoms with Crippen molar-refractivity contribution in [2.45, 2.75) is 40.7 Å². The van der Waals surface area contributed by atoms with Gasteiger partial charge in [-0.3, -0.25) is 0 Å². The van der Waals surface area contributed by atoms with E-state index in [1.807, 2.05) is 0 Å². The molecular formula is C15H22N2. The second kappa shape index (κ2) is 4.53. The van der Waals surface area contributed by atoms with Gasteiger partial charge in [-0.1, -0.05) is 19.1 Å². The number of nitrogens with one attached hydrogen (secondary N) is 2. The summed E-state index contributed by atoms with van der Waals surface area (Å²) in [5.41, 5.74) is 6.68. The molecule has 0 aliphatic carbocycles. The van der Waals surface area contributed by atoms with Crippen molar-refractivity contribution in [3.8, 4) is 0 Å². The highest BCUT2D eigenvalue weighted by Crippen LogP contribution is 2.31. The highest BCUT2D eigenvalue weighted by atomic mass is 14.9. The third-order valence-corrected chi connectivity index (χ3v) is 3.55. The lowest BCUT2D eigenvalue weighted by Crippen LogP contribution is -2.18. The minimum Gasteiger partial charge on any atom is -0.358 e. The first-order chi connectivity index (χ1) is 8.06. The summed E-state index contributed by atoms with van der Waals surface area (Å²) in [6.07, 6.45) is 0. The Morgan fingerprint density at radius 1 is 1.18 bits per heavy atom. The fourth-order valence-electron chi connectivity index (χ4n) is 2.71. The van der Waals surface area contributed by atoms with E-state index >= 15 is 0 Å². The number of rotatable bonds is 3. The molecular weight excluding hydrogens is 208 g/mol. The quantitative estimate of drug-likeness (QED) is 0.825. The number of aromatic nitrogens is 1. The number of fused-ring (bicyclic) bond motifs is 1. The maximum Gasteiger partial charge on any atom is 0.0491 e. The van der Waals surface area contributed by atoms with Crippen molar-refractivity contribution in [3.63, 3.8) is 0 Å². The lowest BCUT2D eigenvalue weighted by atomic mass is 9.99. The smallest absolute Gasteiger partial charge is 0.0491 e. The first-order valence-corrected chi connectivity index (χ1v) is 6.38. The van der Waals surface area contributed by atoms with Gasteiger partial charge in [-0.2, -0.15) is 0 Å². The molecule has 2 N–H and O–H groups in total. The predicted octanol–water partition coefficient (Wildman–Crippen LogP) is 3.76. The third-order valence-electron chi connectivity index (χ3n) is 3.55. The van der Waals surface area contributed by atoms with E-state index in [1.54, 1.807) is 0 Å². The highest BCUT2D eigenvalue weighted by molar-refractivity contribution is 5.90. The van der Waals surface area contributed by atoms with Crippen molar-refractivity contribution in [2.75, 3.05) is 6.54 Å². The fraction of sp³-hybridized carbons (Fsp3) is 0.467. The van der Waals surface area contributed by atoms with Crippen molar-refractivity contribution >= 4 is 10.9 Å². The van der Waals surface area contributed by atoms with Crippen LogP contribution in [0.1, 0.15) is 42.3 Å². The molecule has 2 rings (SSSR count). The molecule has 0 aliphatic rings. The Morgan fingerprint density at radius 2 is 1.82 bits per heavy atom. The SMILES string of the molecule is CCNC(C)c1c(C)[nH]c2c(C)ccc(C)c12. The zero-order valence-corrected chi connectivity index (χ0v) is 11.4. The highest BCUT2D eigenvalue weighted by Gasteiger charge is 2.16. The molecule has 17 heavy (non-hydrogen) atoms. The van der Waals surface area contributed by atoms with E-state index in [9.17, 15) is 0 Å². The molecule has 0 fully saturated rings. The summed E-state index contributed by atoms with van der Waals surface area (Å²) in [7, 11) is 0. The number of benzene rings is 1. The Labute approximate surface area is 103 Å². The third kappa shape index (κ3) is 1.98. The van der Waals surface area contributed by atoms with E-state index < -0.39 is 0 Å². The van der Waals surface area contributed by atoms with Gasteiger partial charge in [0.2, 0.25) is 0 Å². The molecule has 1 heterocycles. The lowest BCUT2D eigenvalue weighted by Gasteiger charge is -2.14. The number of aromatic amines is 1. The lowest BCUT2D eigenvalue weighted by molar-refractivity contribution is 0.598. The van der Waals surface area contributed by atoms with Gasteiger partial charge in [0.05, 0.1) is 0 Å². The standard InChI is InChI=1S/C15H22N2/c1-6-16-11(4)14-12(5)17-15-10(3)8-7-9(2)13(14)15/h7-8,11,16-17H,6H2,1-5H3. The van der Waals surface area contributed by atoms with E-state index in [-0.39, 0.29) is 0 Å². The Bertz CT molecular complexity index is 537. The van der Waals surface area contributed by atoms with E-state index in [4.69, 9.17) is 0 Å². The van der Waals surface area contributed by atoms with Gasteiger partial charge in [0.25, 0.3) is 0 Å². The van der Waals surface area contributed by atoms with Crippen LogP contribution in [0.3, 0.4) is 0 Å². The van der Waals surface area contributed by atoms with Crippen LogP contribution < -0.4 is 5.32 Å². The molecule has 2 nitrogen and oxygen atoms in total. The molecule has 1 aromatic carbocycles. The van der Waals surface area contributed by atoms with Gasteiger partial charge >= 0.3 is 0 Å². The maximum atomic E-state index is 3.54. The number of hydrogen-bond acceptors (Lipinski definition) is 1. The second-order valence-corrected chi connectivity index (χ2v) is 4.89. The van der Waals surface area contributed by atoms with Crippen LogP contribution in [0.4, 0.5) is 0 Å². The summed E-state index contributed by atoms with van der Waals surface area (Å²) in [6.45, 7) is 11.9. The average molecular weight is 230 g/mol. The van der Waals surface area contributed by atoms with E-state index in [2.05, 4.69) is 57.1 Å². The Hall–Kier alpha value is -1.28. The van der Waals surface area contributed by atoms with Gasteiger partial charge in [-0.05, 0) is 50.9 Å². The second-order valence-electron chi connectivity index (χ2n) is 4.89. The van der Waals surface area contributed by atoms with Crippen molar-refractivity contribution < 1.29 is 0 Å². The molecule has 92 valence electrons. The summed E-state index contributed by atoms with van der Waals surface area (Å²) in [6, 6.07) is 4.80. The Kier molecular flexibility index (Phi) is 3.25. The monoisotopic (exact) mass is 230 g/mol. The molecule has 0 saturated carbocycles. The summed E-state index contributed by atoms with van der Waals surface area (Å²) in [4.78, 5) is 3.54. The zero-order valence-electron chi connectivity index (χ0n) is 11.4. The molecule has 0 saturated heterocycles. The molecule has 0 amide bonds. The summed E-state index contributed by atoms with van der Waals surface area (Å²) >= 11 is 0. The first-order valence-electron chi connectivity index (χ1n) is 6.38. The van der Waals surface area contributed by atoms with E-state index in [0.29, 0.717) is 6.04 Å². The zero-order chi connectivity index (χ0) is 12.6. The number of hydrogen-bond donors (Lipinski definition) is 2. The Balaban J connectivity index is 2.70. The molecule has 2 aromatic rings. The molecule has 0 aliphatic heterocycles. The molecule has 1 atom stereocenters. The van der Waals surface area contributed by atoms with Crippen LogP contribution in [-0.4, -0.2) is 11.5 Å². The van der Waals surface area contributed by atoms with Crippen molar-refractivity contribution in [2.24, 2.45) is 0 Å². The van der Waals surface area contributed by atoms with Gasteiger partial charge in [0, 0.05) is 22.6 Å².